The molecule has 1 saturated carbocycles. The summed E-state index contributed by atoms with van der Waals surface area (Å²) >= 11 is 6.50. The second-order valence-electron chi connectivity index (χ2n) is 7.66. The van der Waals surface area contributed by atoms with Gasteiger partial charge in [-0.05, 0) is 31.4 Å². The van der Waals surface area contributed by atoms with Crippen LogP contribution < -0.4 is 5.32 Å². The Balaban J connectivity index is 1.38. The van der Waals surface area contributed by atoms with Crippen molar-refractivity contribution in [2.24, 2.45) is 5.92 Å². The minimum Gasteiger partial charge on any atom is -0.346 e. The maximum Gasteiger partial charge on any atom is 0.223 e. The molecule has 1 aliphatic carbocycles. The van der Waals surface area contributed by atoms with Crippen molar-refractivity contribution in [3.63, 3.8) is 0 Å². The van der Waals surface area contributed by atoms with Gasteiger partial charge in [-0.25, -0.2) is 0 Å². The van der Waals surface area contributed by atoms with Crippen molar-refractivity contribution in [2.75, 3.05) is 19.6 Å². The molecular weight excluding hydrogens is 374 g/mol. The summed E-state index contributed by atoms with van der Waals surface area (Å²) in [4.78, 5) is 14.4. The van der Waals surface area contributed by atoms with Crippen LogP contribution in [-0.2, 0) is 17.8 Å². The van der Waals surface area contributed by atoms with Crippen LogP contribution in [0.2, 0.25) is 0 Å². The van der Waals surface area contributed by atoms with Gasteiger partial charge in [0.25, 0.3) is 0 Å². The fourth-order valence-corrected chi connectivity index (χ4v) is 3.89. The van der Waals surface area contributed by atoms with E-state index in [4.69, 9.17) is 11.6 Å². The third kappa shape index (κ3) is 4.62. The molecule has 1 aromatic carbocycles. The Morgan fingerprint density at radius 2 is 2.04 bits per heavy atom. The quantitative estimate of drug-likeness (QED) is 0.811. The zero-order valence-corrected chi connectivity index (χ0v) is 16.9. The van der Waals surface area contributed by atoms with Gasteiger partial charge in [-0.2, -0.15) is 0 Å². The molecule has 148 valence electrons. The summed E-state index contributed by atoms with van der Waals surface area (Å²) < 4.78 is 2.16. The standard InChI is InChI=1S/C21H26ClN5O/c1-15(23-21(28)17-7-8-17)20-25-24-19-9-10-26(11-12-27(19)20)14-18(22)13-16-5-3-2-4-6-16/h2-6,13,15,17H,7-12,14H2,1H3,(H,23,28). The van der Waals surface area contributed by atoms with E-state index in [9.17, 15) is 4.79 Å². The zero-order chi connectivity index (χ0) is 19.5. The molecule has 0 saturated heterocycles. The van der Waals surface area contributed by atoms with Crippen molar-refractivity contribution in [3.8, 4) is 0 Å². The van der Waals surface area contributed by atoms with E-state index in [1.54, 1.807) is 0 Å². The number of amides is 1. The molecule has 1 unspecified atom stereocenters. The second kappa shape index (κ2) is 8.45. The highest BCUT2D eigenvalue weighted by Gasteiger charge is 2.31. The van der Waals surface area contributed by atoms with E-state index < -0.39 is 0 Å². The smallest absolute Gasteiger partial charge is 0.223 e. The van der Waals surface area contributed by atoms with Gasteiger partial charge >= 0.3 is 0 Å². The first-order valence-electron chi connectivity index (χ1n) is 9.96. The molecule has 1 N–H and O–H groups in total. The molecule has 1 fully saturated rings. The Bertz CT molecular complexity index is 859. The molecule has 4 rings (SSSR count). The first-order valence-corrected chi connectivity index (χ1v) is 10.3. The number of carbonyl (C=O) groups excluding carboxylic acids is 1. The monoisotopic (exact) mass is 399 g/mol. The predicted octanol–water partition coefficient (Wildman–Crippen LogP) is 3.00. The number of benzene rings is 1. The molecule has 1 aliphatic heterocycles. The average molecular weight is 400 g/mol. The second-order valence-corrected chi connectivity index (χ2v) is 8.14. The van der Waals surface area contributed by atoms with E-state index in [0.29, 0.717) is 0 Å². The molecule has 1 amide bonds. The molecule has 0 bridgehead atoms. The lowest BCUT2D eigenvalue weighted by atomic mass is 10.2. The van der Waals surface area contributed by atoms with E-state index in [0.717, 1.165) is 67.7 Å². The Morgan fingerprint density at radius 3 is 2.79 bits per heavy atom. The lowest BCUT2D eigenvalue weighted by Crippen LogP contribution is -2.31. The molecule has 0 spiro atoms. The van der Waals surface area contributed by atoms with Crippen LogP contribution in [0, 0.1) is 5.92 Å². The van der Waals surface area contributed by atoms with Crippen molar-refractivity contribution in [2.45, 2.75) is 38.8 Å². The summed E-state index contributed by atoms with van der Waals surface area (Å²) in [6, 6.07) is 10.0. The largest absolute Gasteiger partial charge is 0.346 e. The summed E-state index contributed by atoms with van der Waals surface area (Å²) in [6.07, 6.45) is 4.85. The fourth-order valence-electron chi connectivity index (χ4n) is 3.60. The minimum absolute atomic E-state index is 0.123. The molecular formula is C21H26ClN5O. The molecule has 2 aliphatic rings. The molecule has 6 nitrogen and oxygen atoms in total. The highest BCUT2D eigenvalue weighted by Crippen LogP contribution is 2.29. The first kappa shape index (κ1) is 19.2. The van der Waals surface area contributed by atoms with E-state index in [1.165, 1.54) is 0 Å². The number of carbonyl (C=O) groups is 1. The van der Waals surface area contributed by atoms with Gasteiger partial charge < -0.3 is 9.88 Å². The van der Waals surface area contributed by atoms with Crippen LogP contribution in [0.1, 0.15) is 43.0 Å². The van der Waals surface area contributed by atoms with Crippen LogP contribution >= 0.6 is 11.6 Å². The molecule has 7 heteroatoms. The van der Waals surface area contributed by atoms with Crippen molar-refractivity contribution < 1.29 is 4.79 Å². The highest BCUT2D eigenvalue weighted by atomic mass is 35.5. The number of nitrogens with zero attached hydrogens (tertiary/aromatic N) is 4. The van der Waals surface area contributed by atoms with Crippen LogP contribution in [0.25, 0.3) is 6.08 Å². The topological polar surface area (TPSA) is 63.1 Å². The highest BCUT2D eigenvalue weighted by molar-refractivity contribution is 6.31. The van der Waals surface area contributed by atoms with E-state index in [1.807, 2.05) is 31.2 Å². The van der Waals surface area contributed by atoms with Crippen molar-refractivity contribution in [3.05, 3.63) is 52.6 Å². The van der Waals surface area contributed by atoms with Crippen LogP contribution in [-0.4, -0.2) is 45.2 Å². The van der Waals surface area contributed by atoms with Gasteiger partial charge in [-0.1, -0.05) is 41.9 Å². The van der Waals surface area contributed by atoms with Crippen molar-refractivity contribution >= 4 is 23.6 Å². The average Bonchev–Trinajstić information content (AvgIpc) is 3.48. The number of halogens is 1. The van der Waals surface area contributed by atoms with Crippen LogP contribution in [0.15, 0.2) is 35.4 Å². The van der Waals surface area contributed by atoms with Crippen molar-refractivity contribution in [1.82, 2.24) is 25.0 Å². The first-order chi connectivity index (χ1) is 13.6. The van der Waals surface area contributed by atoms with Gasteiger partial charge in [-0.3, -0.25) is 9.69 Å². The van der Waals surface area contributed by atoms with Crippen LogP contribution in [0.5, 0.6) is 0 Å². The summed E-state index contributed by atoms with van der Waals surface area (Å²) in [5, 5.41) is 12.6. The lowest BCUT2D eigenvalue weighted by molar-refractivity contribution is -0.123. The molecule has 1 aromatic heterocycles. The Kier molecular flexibility index (Phi) is 5.78. The zero-order valence-electron chi connectivity index (χ0n) is 16.1. The van der Waals surface area contributed by atoms with Gasteiger partial charge in [0.05, 0.1) is 6.04 Å². The molecule has 28 heavy (non-hydrogen) atoms. The number of nitrogens with one attached hydrogen (secondary N) is 1. The van der Waals surface area contributed by atoms with Crippen LogP contribution in [0.3, 0.4) is 0 Å². The van der Waals surface area contributed by atoms with Gasteiger partial charge in [0.15, 0.2) is 5.82 Å². The fraction of sp³-hybridized carbons (Fsp3) is 0.476. The van der Waals surface area contributed by atoms with E-state index in [-0.39, 0.29) is 17.9 Å². The summed E-state index contributed by atoms with van der Waals surface area (Å²) in [5.41, 5.74) is 1.11. The van der Waals surface area contributed by atoms with Gasteiger partial charge in [0.1, 0.15) is 5.82 Å². The van der Waals surface area contributed by atoms with Gasteiger partial charge in [0.2, 0.25) is 5.91 Å². The molecule has 0 radical (unpaired) electrons. The number of hydrogen-bond donors (Lipinski definition) is 1. The molecule has 2 heterocycles. The third-order valence-corrected chi connectivity index (χ3v) is 5.57. The molecule has 1 atom stereocenters. The lowest BCUT2D eigenvalue weighted by Gasteiger charge is -2.19. The van der Waals surface area contributed by atoms with Gasteiger partial charge in [-0.15, -0.1) is 10.2 Å². The maximum absolute atomic E-state index is 12.1. The summed E-state index contributed by atoms with van der Waals surface area (Å²) in [5.74, 6) is 2.16. The Hall–Kier alpha value is -2.18. The summed E-state index contributed by atoms with van der Waals surface area (Å²) in [7, 11) is 0. The summed E-state index contributed by atoms with van der Waals surface area (Å²) in [6.45, 7) is 5.27. The maximum atomic E-state index is 12.1. The normalized spacial score (nSPS) is 19.0. The number of aromatic nitrogens is 3. The third-order valence-electron chi connectivity index (χ3n) is 5.34. The minimum atomic E-state index is -0.123. The van der Waals surface area contributed by atoms with Crippen molar-refractivity contribution in [1.29, 1.82) is 0 Å². The predicted molar refractivity (Wildman–Crippen MR) is 110 cm³/mol. The number of fused-ring (bicyclic) bond motifs is 1. The van der Waals surface area contributed by atoms with E-state index in [2.05, 4.69) is 37.1 Å². The van der Waals surface area contributed by atoms with Crippen LogP contribution in [0.4, 0.5) is 0 Å². The van der Waals surface area contributed by atoms with Gasteiger partial charge in [0, 0.05) is 43.6 Å². The number of hydrogen-bond acceptors (Lipinski definition) is 4. The van der Waals surface area contributed by atoms with E-state index >= 15 is 0 Å². The SMILES string of the molecule is CC(NC(=O)C1CC1)c1nnc2n1CCN(CC(Cl)=Cc1ccccc1)CC2. The Morgan fingerprint density at radius 1 is 1.25 bits per heavy atom. The molecule has 2 aromatic rings. The number of rotatable bonds is 6. The Labute approximate surface area is 170 Å².